The first kappa shape index (κ1) is 14.8. The second kappa shape index (κ2) is 5.80. The van der Waals surface area contributed by atoms with Crippen molar-refractivity contribution in [3.63, 3.8) is 0 Å². The maximum atomic E-state index is 12.4. The monoisotopic (exact) mass is 300 g/mol. The quantitative estimate of drug-likeness (QED) is 0.939. The number of alkyl halides is 3. The summed E-state index contributed by atoms with van der Waals surface area (Å²) in [5.74, 6) is 0. The predicted octanol–water partition coefficient (Wildman–Crippen LogP) is 3.70. The second-order valence-electron chi connectivity index (χ2n) is 4.06. The highest BCUT2D eigenvalue weighted by atomic mass is 32.2. The van der Waals surface area contributed by atoms with E-state index in [2.05, 4.69) is 9.97 Å². The molecule has 2 aromatic heterocycles. The van der Waals surface area contributed by atoms with Crippen molar-refractivity contribution in [2.45, 2.75) is 29.3 Å². The fourth-order valence-electron chi connectivity index (χ4n) is 1.51. The number of halogens is 3. The summed E-state index contributed by atoms with van der Waals surface area (Å²) in [5.41, 5.74) is -0.183. The van der Waals surface area contributed by atoms with Crippen molar-refractivity contribution in [1.29, 1.82) is 0 Å². The average molecular weight is 300 g/mol. The summed E-state index contributed by atoms with van der Waals surface area (Å²) in [4.78, 5) is 7.87. The van der Waals surface area contributed by atoms with Crippen LogP contribution in [-0.2, 0) is 6.18 Å². The summed E-state index contributed by atoms with van der Waals surface area (Å²) >= 11 is 1.11. The van der Waals surface area contributed by atoms with E-state index in [1.165, 1.54) is 6.07 Å². The largest absolute Gasteiger partial charge is 0.417 e. The first-order chi connectivity index (χ1) is 9.38. The second-order valence-corrected chi connectivity index (χ2v) is 5.07. The predicted molar refractivity (Wildman–Crippen MR) is 68.2 cm³/mol. The van der Waals surface area contributed by atoms with E-state index in [-0.39, 0.29) is 0 Å². The van der Waals surface area contributed by atoms with E-state index in [1.54, 1.807) is 25.3 Å². The van der Waals surface area contributed by atoms with E-state index < -0.39 is 17.8 Å². The highest BCUT2D eigenvalue weighted by Gasteiger charge is 2.30. The summed E-state index contributed by atoms with van der Waals surface area (Å²) in [6, 6.07) is 5.66. The minimum Gasteiger partial charge on any atom is -0.389 e. The molecule has 0 aromatic carbocycles. The van der Waals surface area contributed by atoms with Crippen LogP contribution in [0.25, 0.3) is 0 Å². The SMILES string of the molecule is C[C@@H](O)c1cccnc1Sc1ccc(C(F)(F)F)cn1. The van der Waals surface area contributed by atoms with E-state index >= 15 is 0 Å². The van der Waals surface area contributed by atoms with Gasteiger partial charge in [0, 0.05) is 18.0 Å². The highest BCUT2D eigenvalue weighted by Crippen LogP contribution is 2.33. The lowest BCUT2D eigenvalue weighted by atomic mass is 10.2. The molecule has 0 spiro atoms. The lowest BCUT2D eigenvalue weighted by Gasteiger charge is -2.10. The number of nitrogens with zero attached hydrogens (tertiary/aromatic N) is 2. The van der Waals surface area contributed by atoms with Crippen molar-refractivity contribution < 1.29 is 18.3 Å². The average Bonchev–Trinajstić information content (AvgIpc) is 2.38. The van der Waals surface area contributed by atoms with Crippen molar-refractivity contribution in [2.24, 2.45) is 0 Å². The van der Waals surface area contributed by atoms with Gasteiger partial charge < -0.3 is 5.11 Å². The van der Waals surface area contributed by atoms with Crippen LogP contribution < -0.4 is 0 Å². The molecule has 3 nitrogen and oxygen atoms in total. The number of aliphatic hydroxyl groups excluding tert-OH is 1. The molecule has 2 heterocycles. The Morgan fingerprint density at radius 2 is 1.95 bits per heavy atom. The molecule has 0 saturated heterocycles. The van der Waals surface area contributed by atoms with Crippen molar-refractivity contribution in [1.82, 2.24) is 9.97 Å². The third-order valence-corrected chi connectivity index (χ3v) is 3.50. The van der Waals surface area contributed by atoms with Crippen LogP contribution in [-0.4, -0.2) is 15.1 Å². The fraction of sp³-hybridized carbons (Fsp3) is 0.231. The van der Waals surface area contributed by atoms with Gasteiger partial charge in [0.1, 0.15) is 10.1 Å². The Morgan fingerprint density at radius 3 is 2.50 bits per heavy atom. The van der Waals surface area contributed by atoms with Crippen LogP contribution in [0.4, 0.5) is 13.2 Å². The number of aromatic nitrogens is 2. The van der Waals surface area contributed by atoms with Crippen LogP contribution in [0.2, 0.25) is 0 Å². The van der Waals surface area contributed by atoms with E-state index in [4.69, 9.17) is 0 Å². The molecule has 2 aromatic rings. The van der Waals surface area contributed by atoms with Crippen LogP contribution >= 0.6 is 11.8 Å². The van der Waals surface area contributed by atoms with Gasteiger partial charge in [-0.15, -0.1) is 0 Å². The van der Waals surface area contributed by atoms with E-state index in [1.807, 2.05) is 0 Å². The zero-order chi connectivity index (χ0) is 14.8. The van der Waals surface area contributed by atoms with Gasteiger partial charge in [-0.3, -0.25) is 0 Å². The smallest absolute Gasteiger partial charge is 0.389 e. The van der Waals surface area contributed by atoms with Gasteiger partial charge in [-0.2, -0.15) is 13.2 Å². The minimum atomic E-state index is -4.40. The van der Waals surface area contributed by atoms with Gasteiger partial charge in [0.25, 0.3) is 0 Å². The molecule has 0 saturated carbocycles. The molecule has 1 N–H and O–H groups in total. The van der Waals surface area contributed by atoms with Gasteiger partial charge in [0.2, 0.25) is 0 Å². The van der Waals surface area contributed by atoms with Crippen molar-refractivity contribution in [3.05, 3.63) is 47.8 Å². The molecule has 2 rings (SSSR count). The van der Waals surface area contributed by atoms with Crippen LogP contribution in [0.3, 0.4) is 0 Å². The molecule has 0 aliphatic rings. The molecule has 7 heteroatoms. The molecular weight excluding hydrogens is 289 g/mol. The third-order valence-electron chi connectivity index (χ3n) is 2.52. The number of hydrogen-bond acceptors (Lipinski definition) is 4. The lowest BCUT2D eigenvalue weighted by molar-refractivity contribution is -0.137. The Balaban J connectivity index is 2.23. The number of aliphatic hydroxyl groups is 1. The number of hydrogen-bond donors (Lipinski definition) is 1. The van der Waals surface area contributed by atoms with Crippen LogP contribution in [0.1, 0.15) is 24.2 Å². The van der Waals surface area contributed by atoms with Crippen molar-refractivity contribution in [3.8, 4) is 0 Å². The molecule has 0 radical (unpaired) electrons. The molecule has 0 fully saturated rings. The number of rotatable bonds is 3. The van der Waals surface area contributed by atoms with Crippen molar-refractivity contribution >= 4 is 11.8 Å². The van der Waals surface area contributed by atoms with Gasteiger partial charge in [-0.1, -0.05) is 6.07 Å². The van der Waals surface area contributed by atoms with E-state index in [0.717, 1.165) is 24.0 Å². The lowest BCUT2D eigenvalue weighted by Crippen LogP contribution is -2.05. The molecule has 0 amide bonds. The topological polar surface area (TPSA) is 46.0 Å². The molecule has 0 aliphatic carbocycles. The normalized spacial score (nSPS) is 13.2. The fourth-order valence-corrected chi connectivity index (χ4v) is 2.42. The summed E-state index contributed by atoms with van der Waals surface area (Å²) in [7, 11) is 0. The Kier molecular flexibility index (Phi) is 4.29. The van der Waals surface area contributed by atoms with Gasteiger partial charge in [0.05, 0.1) is 11.7 Å². The van der Waals surface area contributed by atoms with Crippen LogP contribution in [0.15, 0.2) is 46.7 Å². The molecule has 1 atom stereocenters. The van der Waals surface area contributed by atoms with Crippen LogP contribution in [0.5, 0.6) is 0 Å². The number of pyridine rings is 2. The molecule has 106 valence electrons. The van der Waals surface area contributed by atoms with Crippen LogP contribution in [0, 0.1) is 0 Å². The molecular formula is C13H11F3N2OS. The summed E-state index contributed by atoms with van der Waals surface area (Å²) < 4.78 is 37.3. The molecule has 0 bridgehead atoms. The first-order valence-corrected chi connectivity index (χ1v) is 6.53. The third kappa shape index (κ3) is 3.49. The van der Waals surface area contributed by atoms with E-state index in [9.17, 15) is 18.3 Å². The zero-order valence-electron chi connectivity index (χ0n) is 10.4. The first-order valence-electron chi connectivity index (χ1n) is 5.72. The molecule has 0 aliphatic heterocycles. The van der Waals surface area contributed by atoms with Gasteiger partial charge in [-0.05, 0) is 36.9 Å². The standard InChI is InChI=1S/C13H11F3N2OS/c1-8(19)10-3-2-6-17-12(10)20-11-5-4-9(7-18-11)13(14,15)16/h2-8,19H,1H3/t8-/m1/s1. The van der Waals surface area contributed by atoms with E-state index in [0.29, 0.717) is 15.6 Å². The zero-order valence-corrected chi connectivity index (χ0v) is 11.2. The Hall–Kier alpha value is -1.60. The Bertz CT molecular complexity index is 585. The summed E-state index contributed by atoms with van der Waals surface area (Å²) in [5, 5.41) is 10.5. The summed E-state index contributed by atoms with van der Waals surface area (Å²) in [6.45, 7) is 1.60. The maximum absolute atomic E-state index is 12.4. The molecule has 0 unspecified atom stereocenters. The van der Waals surface area contributed by atoms with Gasteiger partial charge in [0.15, 0.2) is 0 Å². The highest BCUT2D eigenvalue weighted by molar-refractivity contribution is 7.99. The Morgan fingerprint density at radius 1 is 1.20 bits per heavy atom. The minimum absolute atomic E-state index is 0.388. The van der Waals surface area contributed by atoms with Crippen molar-refractivity contribution in [2.75, 3.05) is 0 Å². The summed E-state index contributed by atoms with van der Waals surface area (Å²) in [6.07, 6.45) is -2.77. The van der Waals surface area contributed by atoms with Gasteiger partial charge in [-0.25, -0.2) is 9.97 Å². The Labute approximate surface area is 117 Å². The molecule has 20 heavy (non-hydrogen) atoms. The van der Waals surface area contributed by atoms with Gasteiger partial charge >= 0.3 is 6.18 Å². The maximum Gasteiger partial charge on any atom is 0.417 e.